The summed E-state index contributed by atoms with van der Waals surface area (Å²) in [6.07, 6.45) is 5.02. The molecule has 76 valence electrons. The summed E-state index contributed by atoms with van der Waals surface area (Å²) in [5, 5.41) is 0. The highest BCUT2D eigenvalue weighted by Gasteiger charge is 2.29. The molecule has 14 heavy (non-hydrogen) atoms. The van der Waals surface area contributed by atoms with E-state index in [-0.39, 0.29) is 0 Å². The number of hydrogen-bond donors (Lipinski definition) is 0. The zero-order chi connectivity index (χ0) is 10.2. The van der Waals surface area contributed by atoms with Crippen LogP contribution >= 0.6 is 15.9 Å². The summed E-state index contributed by atoms with van der Waals surface area (Å²) < 4.78 is 1.06. The van der Waals surface area contributed by atoms with E-state index in [1.807, 2.05) is 12.4 Å². The molecule has 1 aromatic heterocycles. The fourth-order valence-electron chi connectivity index (χ4n) is 1.91. The number of halogens is 1. The second kappa shape index (κ2) is 3.54. The van der Waals surface area contributed by atoms with Crippen LogP contribution in [-0.4, -0.2) is 18.1 Å². The largest absolute Gasteiger partial charge is 0.370 e. The molecule has 1 fully saturated rings. The van der Waals surface area contributed by atoms with Gasteiger partial charge in [-0.2, -0.15) is 0 Å². The van der Waals surface area contributed by atoms with E-state index in [0.29, 0.717) is 5.41 Å². The van der Waals surface area contributed by atoms with Gasteiger partial charge in [0.15, 0.2) is 0 Å². The van der Waals surface area contributed by atoms with Crippen LogP contribution in [0.2, 0.25) is 0 Å². The zero-order valence-electron chi connectivity index (χ0n) is 8.63. The summed E-state index contributed by atoms with van der Waals surface area (Å²) in [6.45, 7) is 6.91. The summed E-state index contributed by atoms with van der Waals surface area (Å²) in [5.74, 6) is 0. The molecule has 0 amide bonds. The average Bonchev–Trinajstić information content (AvgIpc) is 2.46. The van der Waals surface area contributed by atoms with Gasteiger partial charge in [0.05, 0.1) is 11.9 Å². The molecular weight excluding hydrogens is 240 g/mol. The van der Waals surface area contributed by atoms with Gasteiger partial charge in [-0.05, 0) is 33.8 Å². The van der Waals surface area contributed by atoms with E-state index in [2.05, 4.69) is 45.7 Å². The van der Waals surface area contributed by atoms with Crippen LogP contribution in [0, 0.1) is 5.41 Å². The van der Waals surface area contributed by atoms with Gasteiger partial charge in [-0.15, -0.1) is 0 Å². The molecule has 0 saturated carbocycles. The van der Waals surface area contributed by atoms with Crippen molar-refractivity contribution in [1.29, 1.82) is 0 Å². The van der Waals surface area contributed by atoms with E-state index < -0.39 is 0 Å². The van der Waals surface area contributed by atoms with Crippen molar-refractivity contribution in [2.75, 3.05) is 18.0 Å². The lowest BCUT2D eigenvalue weighted by Gasteiger charge is -2.21. The fraction of sp³-hybridized carbons (Fsp3) is 0.545. The van der Waals surface area contributed by atoms with Crippen LogP contribution in [0.1, 0.15) is 20.3 Å². The summed E-state index contributed by atoms with van der Waals surface area (Å²) in [6, 6.07) is 2.13. The van der Waals surface area contributed by atoms with E-state index in [4.69, 9.17) is 0 Å². The van der Waals surface area contributed by atoms with Gasteiger partial charge >= 0.3 is 0 Å². The molecule has 2 heterocycles. The van der Waals surface area contributed by atoms with Gasteiger partial charge < -0.3 is 4.90 Å². The monoisotopic (exact) mass is 254 g/mol. The molecule has 2 nitrogen and oxygen atoms in total. The van der Waals surface area contributed by atoms with Crippen molar-refractivity contribution < 1.29 is 0 Å². The number of pyridine rings is 1. The van der Waals surface area contributed by atoms with Crippen LogP contribution in [0.3, 0.4) is 0 Å². The molecule has 1 aliphatic heterocycles. The Morgan fingerprint density at radius 1 is 1.43 bits per heavy atom. The highest BCUT2D eigenvalue weighted by molar-refractivity contribution is 9.10. The van der Waals surface area contributed by atoms with Gasteiger partial charge in [-0.3, -0.25) is 4.98 Å². The third-order valence-corrected chi connectivity index (χ3v) is 3.17. The smallest absolute Gasteiger partial charge is 0.0564 e. The lowest BCUT2D eigenvalue weighted by Crippen LogP contribution is -2.22. The predicted molar refractivity (Wildman–Crippen MR) is 62.5 cm³/mol. The zero-order valence-corrected chi connectivity index (χ0v) is 10.2. The van der Waals surface area contributed by atoms with E-state index in [0.717, 1.165) is 17.6 Å². The van der Waals surface area contributed by atoms with E-state index in [1.54, 1.807) is 0 Å². The van der Waals surface area contributed by atoms with Crippen LogP contribution < -0.4 is 4.90 Å². The van der Waals surface area contributed by atoms with Gasteiger partial charge in [0, 0.05) is 23.8 Å². The molecule has 3 heteroatoms. The first-order chi connectivity index (χ1) is 6.57. The summed E-state index contributed by atoms with van der Waals surface area (Å²) in [4.78, 5) is 6.59. The fourth-order valence-corrected chi connectivity index (χ4v) is 2.26. The highest BCUT2D eigenvalue weighted by Crippen LogP contribution is 2.32. The van der Waals surface area contributed by atoms with E-state index in [9.17, 15) is 0 Å². The highest BCUT2D eigenvalue weighted by atomic mass is 79.9. The van der Waals surface area contributed by atoms with Crippen LogP contribution in [-0.2, 0) is 0 Å². The summed E-state index contributed by atoms with van der Waals surface area (Å²) in [5.41, 5.74) is 1.67. The Bertz CT molecular complexity index is 336. The summed E-state index contributed by atoms with van der Waals surface area (Å²) >= 11 is 3.45. The first kappa shape index (κ1) is 9.97. The third kappa shape index (κ3) is 2.08. The molecule has 0 spiro atoms. The molecule has 1 saturated heterocycles. The van der Waals surface area contributed by atoms with Crippen LogP contribution in [0.15, 0.2) is 22.9 Å². The number of anilines is 1. The SMILES string of the molecule is CC1(C)CCN(c2cncc(Br)c2)C1. The molecule has 0 atom stereocenters. The van der Waals surface area contributed by atoms with Crippen molar-refractivity contribution in [3.63, 3.8) is 0 Å². The standard InChI is InChI=1S/C11H15BrN2/c1-11(2)3-4-14(8-11)10-5-9(12)6-13-7-10/h5-7H,3-4,8H2,1-2H3. The number of hydrogen-bond acceptors (Lipinski definition) is 2. The Morgan fingerprint density at radius 2 is 2.21 bits per heavy atom. The Morgan fingerprint density at radius 3 is 2.79 bits per heavy atom. The Balaban J connectivity index is 2.17. The Labute approximate surface area is 93.5 Å². The Kier molecular flexibility index (Phi) is 2.52. The maximum Gasteiger partial charge on any atom is 0.0564 e. The molecule has 0 bridgehead atoms. The van der Waals surface area contributed by atoms with Crippen LogP contribution in [0.25, 0.3) is 0 Å². The topological polar surface area (TPSA) is 16.1 Å². The number of rotatable bonds is 1. The van der Waals surface area contributed by atoms with Crippen molar-refractivity contribution in [2.45, 2.75) is 20.3 Å². The van der Waals surface area contributed by atoms with Gasteiger partial charge in [0.1, 0.15) is 0 Å². The first-order valence-corrected chi connectivity index (χ1v) is 5.72. The molecule has 0 N–H and O–H groups in total. The van der Waals surface area contributed by atoms with E-state index in [1.165, 1.54) is 12.1 Å². The average molecular weight is 255 g/mol. The molecular formula is C11H15BrN2. The molecule has 1 aromatic rings. The Hall–Kier alpha value is -0.570. The second-order valence-electron chi connectivity index (χ2n) is 4.70. The van der Waals surface area contributed by atoms with Crippen molar-refractivity contribution in [1.82, 2.24) is 4.98 Å². The van der Waals surface area contributed by atoms with Gasteiger partial charge in [0.25, 0.3) is 0 Å². The van der Waals surface area contributed by atoms with Gasteiger partial charge in [0.2, 0.25) is 0 Å². The van der Waals surface area contributed by atoms with Gasteiger partial charge in [-0.1, -0.05) is 13.8 Å². The van der Waals surface area contributed by atoms with E-state index >= 15 is 0 Å². The minimum Gasteiger partial charge on any atom is -0.370 e. The van der Waals surface area contributed by atoms with Crippen molar-refractivity contribution >= 4 is 21.6 Å². The van der Waals surface area contributed by atoms with Crippen molar-refractivity contribution in [3.8, 4) is 0 Å². The minimum atomic E-state index is 0.447. The third-order valence-electron chi connectivity index (χ3n) is 2.73. The second-order valence-corrected chi connectivity index (χ2v) is 5.61. The van der Waals surface area contributed by atoms with Crippen molar-refractivity contribution in [2.24, 2.45) is 5.41 Å². The molecule has 0 unspecified atom stereocenters. The summed E-state index contributed by atoms with van der Waals surface area (Å²) in [7, 11) is 0. The first-order valence-electron chi connectivity index (χ1n) is 4.92. The quantitative estimate of drug-likeness (QED) is 0.766. The maximum atomic E-state index is 4.19. The minimum absolute atomic E-state index is 0.447. The van der Waals surface area contributed by atoms with Crippen LogP contribution in [0.5, 0.6) is 0 Å². The van der Waals surface area contributed by atoms with Gasteiger partial charge in [-0.25, -0.2) is 0 Å². The lowest BCUT2D eigenvalue weighted by molar-refractivity contribution is 0.418. The molecule has 0 aromatic carbocycles. The number of aromatic nitrogens is 1. The normalized spacial score (nSPS) is 20.1. The van der Waals surface area contributed by atoms with Crippen molar-refractivity contribution in [3.05, 3.63) is 22.9 Å². The number of nitrogens with zero attached hydrogens (tertiary/aromatic N) is 2. The molecule has 2 rings (SSSR count). The molecule has 0 radical (unpaired) electrons. The molecule has 0 aliphatic carbocycles. The lowest BCUT2D eigenvalue weighted by atomic mass is 9.93. The predicted octanol–water partition coefficient (Wildman–Crippen LogP) is 3.08. The molecule has 1 aliphatic rings. The van der Waals surface area contributed by atoms with Crippen LogP contribution in [0.4, 0.5) is 5.69 Å². The maximum absolute atomic E-state index is 4.19.